The van der Waals surface area contributed by atoms with E-state index in [1.807, 2.05) is 0 Å². The van der Waals surface area contributed by atoms with Crippen molar-refractivity contribution in [3.05, 3.63) is 17.7 Å². The van der Waals surface area contributed by atoms with E-state index in [1.54, 1.807) is 0 Å². The topological polar surface area (TPSA) is 101 Å². The molecule has 1 aliphatic rings. The fraction of sp³-hybridized carbons (Fsp3) is 0.385. The zero-order valence-corrected chi connectivity index (χ0v) is 11.7. The maximum absolute atomic E-state index is 12.3. The third-order valence-corrected chi connectivity index (χ3v) is 3.41. The van der Waals surface area contributed by atoms with Gasteiger partial charge in [-0.25, -0.2) is 0 Å². The van der Waals surface area contributed by atoms with Crippen LogP contribution in [0.25, 0.3) is 0 Å². The van der Waals surface area contributed by atoms with Gasteiger partial charge < -0.3 is 25.1 Å². The zero-order valence-electron chi connectivity index (χ0n) is 11.7. The average molecular weight is 334 g/mol. The highest BCUT2D eigenvalue weighted by molar-refractivity contribution is 5.95. The second-order valence-corrected chi connectivity index (χ2v) is 4.95. The van der Waals surface area contributed by atoms with Crippen LogP contribution >= 0.6 is 0 Å². The lowest BCUT2D eigenvalue weighted by Crippen LogP contribution is -2.53. The van der Waals surface area contributed by atoms with Crippen LogP contribution in [-0.2, 0) is 4.79 Å². The quantitative estimate of drug-likeness (QED) is 0.655. The van der Waals surface area contributed by atoms with Gasteiger partial charge in [0.15, 0.2) is 17.2 Å². The van der Waals surface area contributed by atoms with Crippen molar-refractivity contribution < 1.29 is 38.1 Å². The standard InChI is InChI=1S/C13H13F3N2O5/c14-13(15,16)12(23)18-3-1-17(2-4-18)11(22)7-5-8(19)10(21)9(20)6-7/h5-6,19-21H,1-4H2. The number of nitrogens with zero attached hydrogens (tertiary/aromatic N) is 2. The van der Waals surface area contributed by atoms with Crippen LogP contribution in [0.4, 0.5) is 13.2 Å². The van der Waals surface area contributed by atoms with Gasteiger partial charge in [-0.1, -0.05) is 0 Å². The van der Waals surface area contributed by atoms with Gasteiger partial charge in [-0.3, -0.25) is 9.59 Å². The zero-order chi connectivity index (χ0) is 17.4. The Labute approximate surface area is 128 Å². The Hall–Kier alpha value is -2.65. The van der Waals surface area contributed by atoms with E-state index in [0.717, 1.165) is 12.1 Å². The second kappa shape index (κ2) is 5.86. The number of alkyl halides is 3. The molecule has 0 radical (unpaired) electrons. The Kier molecular flexibility index (Phi) is 4.26. The summed E-state index contributed by atoms with van der Waals surface area (Å²) in [6.45, 7) is -0.799. The summed E-state index contributed by atoms with van der Waals surface area (Å²) in [4.78, 5) is 25.1. The molecule has 1 aromatic rings. The molecule has 0 bridgehead atoms. The molecule has 3 N–H and O–H groups in total. The van der Waals surface area contributed by atoms with Crippen LogP contribution in [-0.4, -0.2) is 69.3 Å². The maximum Gasteiger partial charge on any atom is 0.471 e. The molecule has 2 amide bonds. The van der Waals surface area contributed by atoms with Gasteiger partial charge in [-0.05, 0) is 12.1 Å². The average Bonchev–Trinajstić information content (AvgIpc) is 2.50. The number of rotatable bonds is 1. The Balaban J connectivity index is 2.06. The van der Waals surface area contributed by atoms with Crippen molar-refractivity contribution in [1.82, 2.24) is 9.80 Å². The minimum absolute atomic E-state index is 0.122. The summed E-state index contributed by atoms with van der Waals surface area (Å²) in [5, 5.41) is 28.0. The Morgan fingerprint density at radius 2 is 1.35 bits per heavy atom. The minimum atomic E-state index is -4.96. The number of hydrogen-bond acceptors (Lipinski definition) is 5. The van der Waals surface area contributed by atoms with E-state index >= 15 is 0 Å². The molecule has 1 fully saturated rings. The molecule has 126 valence electrons. The van der Waals surface area contributed by atoms with Gasteiger partial charge in [0.2, 0.25) is 0 Å². The second-order valence-electron chi connectivity index (χ2n) is 4.95. The van der Waals surface area contributed by atoms with Gasteiger partial charge in [0, 0.05) is 31.7 Å². The molecular weight excluding hydrogens is 321 g/mol. The summed E-state index contributed by atoms with van der Waals surface area (Å²) >= 11 is 0. The van der Waals surface area contributed by atoms with Crippen LogP contribution in [0.5, 0.6) is 17.2 Å². The first-order valence-corrected chi connectivity index (χ1v) is 6.51. The molecule has 23 heavy (non-hydrogen) atoms. The van der Waals surface area contributed by atoms with E-state index in [1.165, 1.54) is 4.90 Å². The van der Waals surface area contributed by atoms with Crippen LogP contribution in [0.2, 0.25) is 0 Å². The number of carbonyl (C=O) groups excluding carboxylic acids is 2. The van der Waals surface area contributed by atoms with Crippen LogP contribution in [0.15, 0.2) is 12.1 Å². The molecule has 0 unspecified atom stereocenters. The maximum atomic E-state index is 12.3. The third-order valence-electron chi connectivity index (χ3n) is 3.41. The van der Waals surface area contributed by atoms with Crippen molar-refractivity contribution in [3.8, 4) is 17.2 Å². The van der Waals surface area contributed by atoms with Crippen molar-refractivity contribution in [1.29, 1.82) is 0 Å². The summed E-state index contributed by atoms with van der Waals surface area (Å²) in [5.74, 6) is -4.76. The van der Waals surface area contributed by atoms with Crippen molar-refractivity contribution in [2.45, 2.75) is 6.18 Å². The predicted molar refractivity (Wildman–Crippen MR) is 70.0 cm³/mol. The Morgan fingerprint density at radius 1 is 0.913 bits per heavy atom. The molecule has 1 saturated heterocycles. The van der Waals surface area contributed by atoms with Crippen LogP contribution in [0.1, 0.15) is 10.4 Å². The number of amides is 2. The molecule has 0 spiro atoms. The lowest BCUT2D eigenvalue weighted by atomic mass is 10.1. The number of piperazine rings is 1. The number of benzene rings is 1. The van der Waals surface area contributed by atoms with Crippen molar-refractivity contribution in [2.75, 3.05) is 26.2 Å². The number of halogens is 3. The number of phenolic OH excluding ortho intramolecular Hbond substituents is 3. The van der Waals surface area contributed by atoms with Crippen molar-refractivity contribution in [3.63, 3.8) is 0 Å². The Morgan fingerprint density at radius 3 is 1.78 bits per heavy atom. The number of aromatic hydroxyl groups is 3. The van der Waals surface area contributed by atoms with Crippen molar-refractivity contribution >= 4 is 11.8 Å². The smallest absolute Gasteiger partial charge is 0.471 e. The summed E-state index contributed by atoms with van der Waals surface area (Å²) < 4.78 is 37.0. The molecular formula is C13H13F3N2O5. The number of hydrogen-bond donors (Lipinski definition) is 3. The Bertz CT molecular complexity index is 616. The lowest BCUT2D eigenvalue weighted by Gasteiger charge is -2.35. The van der Waals surface area contributed by atoms with E-state index < -0.39 is 35.2 Å². The van der Waals surface area contributed by atoms with E-state index in [-0.39, 0.29) is 31.7 Å². The fourth-order valence-electron chi connectivity index (χ4n) is 2.20. The normalized spacial score (nSPS) is 15.6. The largest absolute Gasteiger partial charge is 0.504 e. The van der Waals surface area contributed by atoms with Crippen LogP contribution in [0.3, 0.4) is 0 Å². The fourth-order valence-corrected chi connectivity index (χ4v) is 2.20. The van der Waals surface area contributed by atoms with E-state index in [2.05, 4.69) is 0 Å². The summed E-state index contributed by atoms with van der Waals surface area (Å²) in [6, 6.07) is 1.87. The first kappa shape index (κ1) is 16.7. The van der Waals surface area contributed by atoms with Gasteiger partial charge in [0.05, 0.1) is 0 Å². The third kappa shape index (κ3) is 3.41. The molecule has 0 atom stereocenters. The molecule has 2 rings (SSSR count). The summed E-state index contributed by atoms with van der Waals surface area (Å²) in [6.07, 6.45) is -4.96. The van der Waals surface area contributed by atoms with Gasteiger partial charge in [0.1, 0.15) is 0 Å². The predicted octanol–water partition coefficient (Wildman–Crippen LogP) is 0.650. The summed E-state index contributed by atoms with van der Waals surface area (Å²) in [7, 11) is 0. The minimum Gasteiger partial charge on any atom is -0.504 e. The van der Waals surface area contributed by atoms with E-state index in [4.69, 9.17) is 0 Å². The molecule has 1 aliphatic heterocycles. The highest BCUT2D eigenvalue weighted by atomic mass is 19.4. The molecule has 1 aromatic carbocycles. The van der Waals surface area contributed by atoms with Gasteiger partial charge in [0.25, 0.3) is 5.91 Å². The van der Waals surface area contributed by atoms with Gasteiger partial charge in [-0.2, -0.15) is 13.2 Å². The lowest BCUT2D eigenvalue weighted by molar-refractivity contribution is -0.186. The summed E-state index contributed by atoms with van der Waals surface area (Å²) in [5.41, 5.74) is -0.131. The SMILES string of the molecule is O=C(c1cc(O)c(O)c(O)c1)N1CCN(C(=O)C(F)(F)F)CC1. The van der Waals surface area contributed by atoms with Crippen LogP contribution < -0.4 is 0 Å². The highest BCUT2D eigenvalue weighted by Crippen LogP contribution is 2.35. The van der Waals surface area contributed by atoms with E-state index in [9.17, 15) is 38.1 Å². The molecule has 0 saturated carbocycles. The number of carbonyl (C=O) groups is 2. The monoisotopic (exact) mass is 334 g/mol. The van der Waals surface area contributed by atoms with E-state index in [0.29, 0.717) is 4.90 Å². The molecule has 1 heterocycles. The molecule has 10 heteroatoms. The first-order valence-electron chi connectivity index (χ1n) is 6.51. The molecule has 0 aliphatic carbocycles. The first-order chi connectivity index (χ1) is 10.6. The van der Waals surface area contributed by atoms with Crippen molar-refractivity contribution in [2.24, 2.45) is 0 Å². The highest BCUT2D eigenvalue weighted by Gasteiger charge is 2.43. The number of phenols is 3. The van der Waals surface area contributed by atoms with Crippen LogP contribution in [0, 0.1) is 0 Å². The van der Waals surface area contributed by atoms with Gasteiger partial charge in [-0.15, -0.1) is 0 Å². The molecule has 0 aromatic heterocycles. The van der Waals surface area contributed by atoms with Gasteiger partial charge >= 0.3 is 12.1 Å². The molecule has 7 nitrogen and oxygen atoms in total.